The summed E-state index contributed by atoms with van der Waals surface area (Å²) in [6.45, 7) is 4.08. The summed E-state index contributed by atoms with van der Waals surface area (Å²) in [7, 11) is 0. The fraction of sp³-hybridized carbons (Fsp3) is 0.294. The van der Waals surface area contributed by atoms with Crippen LogP contribution in [0.25, 0.3) is 0 Å². The first kappa shape index (κ1) is 19.0. The second-order valence-electron chi connectivity index (χ2n) is 6.53. The summed E-state index contributed by atoms with van der Waals surface area (Å²) in [6, 6.07) is 7.86. The molecule has 11 heteroatoms. The van der Waals surface area contributed by atoms with Gasteiger partial charge in [0.1, 0.15) is 23.5 Å². The molecule has 0 aliphatic carbocycles. The number of amides is 4. The first-order valence-electron chi connectivity index (χ1n) is 8.35. The van der Waals surface area contributed by atoms with Gasteiger partial charge >= 0.3 is 11.7 Å². The van der Waals surface area contributed by atoms with Crippen LogP contribution >= 0.6 is 0 Å². The van der Waals surface area contributed by atoms with Gasteiger partial charge in [0.15, 0.2) is 0 Å². The molecule has 1 atom stereocenters. The molecule has 1 unspecified atom stereocenters. The predicted octanol–water partition coefficient (Wildman–Crippen LogP) is 0.907. The average molecular weight is 386 g/mol. The molecule has 4 amide bonds. The number of urea groups is 1. The van der Waals surface area contributed by atoms with Crippen LogP contribution < -0.4 is 10.7 Å². The van der Waals surface area contributed by atoms with E-state index in [1.165, 1.54) is 13.8 Å². The number of carbonyl (C=O) groups is 3. The number of nitrogens with one attached hydrogen (secondary N) is 2. The van der Waals surface area contributed by atoms with Gasteiger partial charge in [0.2, 0.25) is 0 Å². The number of benzene rings is 1. The van der Waals surface area contributed by atoms with E-state index in [0.29, 0.717) is 10.6 Å². The lowest BCUT2D eigenvalue weighted by Crippen LogP contribution is -2.49. The quantitative estimate of drug-likeness (QED) is 0.445. The van der Waals surface area contributed by atoms with E-state index in [9.17, 15) is 24.5 Å². The van der Waals surface area contributed by atoms with Gasteiger partial charge < -0.3 is 5.32 Å². The summed E-state index contributed by atoms with van der Waals surface area (Å²) in [6.07, 6.45) is 0. The molecule has 1 aliphatic heterocycles. The number of rotatable bonds is 5. The Morgan fingerprint density at radius 1 is 1.29 bits per heavy atom. The first-order valence-corrected chi connectivity index (χ1v) is 8.35. The molecule has 0 bridgehead atoms. The van der Waals surface area contributed by atoms with Crippen molar-refractivity contribution in [2.45, 2.75) is 32.9 Å². The lowest BCUT2D eigenvalue weighted by atomic mass is 9.92. The Hall–Kier alpha value is -3.76. The molecule has 0 spiro atoms. The van der Waals surface area contributed by atoms with Gasteiger partial charge in [0, 0.05) is 0 Å². The van der Waals surface area contributed by atoms with E-state index in [4.69, 9.17) is 0 Å². The van der Waals surface area contributed by atoms with Gasteiger partial charge in [0.05, 0.1) is 4.92 Å². The van der Waals surface area contributed by atoms with Crippen molar-refractivity contribution in [2.24, 2.45) is 0 Å². The molecule has 146 valence electrons. The Morgan fingerprint density at radius 2 is 1.93 bits per heavy atom. The number of nitrogens with zero attached hydrogens (tertiary/aromatic N) is 4. The molecular weight excluding hydrogens is 368 g/mol. The summed E-state index contributed by atoms with van der Waals surface area (Å²) in [5, 5.41) is 18.2. The van der Waals surface area contributed by atoms with E-state index in [1.807, 2.05) is 0 Å². The van der Waals surface area contributed by atoms with Crippen LogP contribution in [0.5, 0.6) is 0 Å². The van der Waals surface area contributed by atoms with Crippen molar-refractivity contribution in [2.75, 3.05) is 0 Å². The number of hydrazine groups is 1. The highest BCUT2D eigenvalue weighted by molar-refractivity contribution is 6.08. The smallest absolute Gasteiger partial charge is 0.318 e. The third kappa shape index (κ3) is 3.06. The van der Waals surface area contributed by atoms with Crippen molar-refractivity contribution >= 4 is 23.5 Å². The highest BCUT2D eigenvalue weighted by Crippen LogP contribution is 2.27. The number of imide groups is 1. The molecule has 1 saturated heterocycles. The molecule has 2 N–H and O–H groups in total. The van der Waals surface area contributed by atoms with Crippen LogP contribution in [-0.2, 0) is 21.7 Å². The van der Waals surface area contributed by atoms with Crippen molar-refractivity contribution in [3.63, 3.8) is 0 Å². The lowest BCUT2D eigenvalue weighted by molar-refractivity contribution is -0.386. The third-order valence-corrected chi connectivity index (χ3v) is 4.60. The minimum Gasteiger partial charge on any atom is -0.318 e. The predicted molar refractivity (Wildman–Crippen MR) is 95.7 cm³/mol. The number of aromatic nitrogens is 2. The third-order valence-electron chi connectivity index (χ3n) is 4.60. The summed E-state index contributed by atoms with van der Waals surface area (Å²) in [5.41, 5.74) is 1.68. The second kappa shape index (κ2) is 6.76. The zero-order valence-electron chi connectivity index (χ0n) is 15.4. The second-order valence-corrected chi connectivity index (χ2v) is 6.53. The van der Waals surface area contributed by atoms with E-state index < -0.39 is 28.3 Å². The van der Waals surface area contributed by atoms with E-state index in [-0.39, 0.29) is 23.6 Å². The van der Waals surface area contributed by atoms with Gasteiger partial charge in [-0.25, -0.2) is 4.79 Å². The van der Waals surface area contributed by atoms with Crippen LogP contribution in [0.3, 0.4) is 0 Å². The highest BCUT2D eigenvalue weighted by atomic mass is 16.6. The molecule has 1 fully saturated rings. The number of carbonyl (C=O) groups excluding carboxylic acids is 3. The highest BCUT2D eigenvalue weighted by Gasteiger charge is 2.50. The van der Waals surface area contributed by atoms with Gasteiger partial charge in [0.25, 0.3) is 11.8 Å². The lowest BCUT2D eigenvalue weighted by Gasteiger charge is -2.22. The van der Waals surface area contributed by atoms with Gasteiger partial charge in [-0.15, -0.1) is 0 Å². The van der Waals surface area contributed by atoms with Crippen molar-refractivity contribution in [3.05, 3.63) is 57.4 Å². The van der Waals surface area contributed by atoms with Crippen LogP contribution in [0.4, 0.5) is 10.5 Å². The van der Waals surface area contributed by atoms with Crippen molar-refractivity contribution in [1.29, 1.82) is 0 Å². The van der Waals surface area contributed by atoms with Crippen LogP contribution in [0, 0.1) is 24.0 Å². The van der Waals surface area contributed by atoms with Crippen LogP contribution in [-0.4, -0.2) is 37.6 Å². The SMILES string of the molecule is Cc1nn(CC(=O)NN2C(=O)NC(C)(c3ccccc3)C2=O)c(C)c1[N+](=O)[O-]. The maximum absolute atomic E-state index is 12.8. The molecule has 2 aromatic rings. The molecule has 28 heavy (non-hydrogen) atoms. The Morgan fingerprint density at radius 3 is 2.50 bits per heavy atom. The molecule has 11 nitrogen and oxygen atoms in total. The summed E-state index contributed by atoms with van der Waals surface area (Å²) in [5.74, 6) is -1.36. The Balaban J connectivity index is 1.76. The normalized spacial score (nSPS) is 18.9. The minimum atomic E-state index is -1.32. The largest absolute Gasteiger partial charge is 0.344 e. The minimum absolute atomic E-state index is 0.168. The molecule has 3 rings (SSSR count). The Kier molecular flexibility index (Phi) is 4.59. The monoisotopic (exact) mass is 386 g/mol. The van der Waals surface area contributed by atoms with Crippen LogP contribution in [0.2, 0.25) is 0 Å². The molecule has 0 saturated carbocycles. The standard InChI is InChI=1S/C17H18N6O5/c1-10-14(23(27)28)11(2)21(19-10)9-13(24)20-22-15(25)17(3,18-16(22)26)12-7-5-4-6-8-12/h4-8H,9H2,1-3H3,(H,18,26)(H,20,24). The number of nitro groups is 1. The fourth-order valence-corrected chi connectivity index (χ4v) is 3.11. The number of aryl methyl sites for hydroxylation is 1. The van der Waals surface area contributed by atoms with Gasteiger partial charge in [-0.05, 0) is 26.3 Å². The zero-order chi connectivity index (χ0) is 20.6. The van der Waals surface area contributed by atoms with Gasteiger partial charge in [-0.2, -0.15) is 10.1 Å². The number of hydrogen-bond acceptors (Lipinski definition) is 6. The van der Waals surface area contributed by atoms with Crippen LogP contribution in [0.1, 0.15) is 23.9 Å². The molecule has 2 heterocycles. The summed E-state index contributed by atoms with van der Waals surface area (Å²) in [4.78, 5) is 47.8. The van der Waals surface area contributed by atoms with Crippen molar-refractivity contribution < 1.29 is 19.3 Å². The summed E-state index contributed by atoms with van der Waals surface area (Å²) < 4.78 is 1.15. The Labute approximate surface area is 159 Å². The van der Waals surface area contributed by atoms with E-state index in [2.05, 4.69) is 15.8 Å². The van der Waals surface area contributed by atoms with E-state index in [1.54, 1.807) is 37.3 Å². The first-order chi connectivity index (χ1) is 13.1. The number of hydrogen-bond donors (Lipinski definition) is 2. The van der Waals surface area contributed by atoms with Crippen molar-refractivity contribution in [3.8, 4) is 0 Å². The van der Waals surface area contributed by atoms with Crippen LogP contribution in [0.15, 0.2) is 30.3 Å². The van der Waals surface area contributed by atoms with Crippen molar-refractivity contribution in [1.82, 2.24) is 25.5 Å². The Bertz CT molecular complexity index is 985. The maximum atomic E-state index is 12.8. The fourth-order valence-electron chi connectivity index (χ4n) is 3.11. The van der Waals surface area contributed by atoms with E-state index >= 15 is 0 Å². The molecular formula is C17H18N6O5. The maximum Gasteiger partial charge on any atom is 0.344 e. The van der Waals surface area contributed by atoms with Gasteiger partial charge in [-0.3, -0.25) is 29.8 Å². The molecule has 0 radical (unpaired) electrons. The zero-order valence-corrected chi connectivity index (χ0v) is 15.4. The average Bonchev–Trinajstić information content (AvgIpc) is 3.03. The topological polar surface area (TPSA) is 139 Å². The van der Waals surface area contributed by atoms with E-state index in [0.717, 1.165) is 4.68 Å². The van der Waals surface area contributed by atoms with Gasteiger partial charge in [-0.1, -0.05) is 30.3 Å². The molecule has 1 aromatic heterocycles. The summed E-state index contributed by atoms with van der Waals surface area (Å²) >= 11 is 0. The molecule has 1 aliphatic rings. The molecule has 1 aromatic carbocycles.